The van der Waals surface area contributed by atoms with E-state index >= 15 is 0 Å². The van der Waals surface area contributed by atoms with Crippen molar-refractivity contribution in [1.82, 2.24) is 23.7 Å². The first-order valence-corrected chi connectivity index (χ1v) is 15.8. The van der Waals surface area contributed by atoms with E-state index in [2.05, 4.69) is 135 Å². The lowest BCUT2D eigenvalue weighted by Crippen LogP contribution is -1.98. The highest BCUT2D eigenvalue weighted by molar-refractivity contribution is 6.24. The number of nitrogens with zero attached hydrogens (tertiary/aromatic N) is 5. The SMILES string of the molecule is c1ccc(-c2ncc(-n3ccc4c5c(ccn5-c5ccc(-n6c7ccccc7c7ccccc76)cc5)c5ccccc5c43)cn2)cc1. The Hall–Kier alpha value is -6.46. The predicted molar refractivity (Wildman–Crippen MR) is 193 cm³/mol. The maximum atomic E-state index is 4.74. The molecule has 0 saturated carbocycles. The Kier molecular flexibility index (Phi) is 5.51. The highest BCUT2D eigenvalue weighted by Crippen LogP contribution is 2.39. The van der Waals surface area contributed by atoms with E-state index in [0.717, 1.165) is 34.0 Å². The van der Waals surface area contributed by atoms with Gasteiger partial charge in [-0.3, -0.25) is 0 Å². The van der Waals surface area contributed by atoms with E-state index in [-0.39, 0.29) is 0 Å². The van der Waals surface area contributed by atoms with Crippen molar-refractivity contribution in [2.24, 2.45) is 0 Å². The number of fused-ring (bicyclic) bond motifs is 9. The molecule has 0 N–H and O–H groups in total. The van der Waals surface area contributed by atoms with Gasteiger partial charge in [-0.05, 0) is 53.9 Å². The fourth-order valence-corrected chi connectivity index (χ4v) is 7.32. The van der Waals surface area contributed by atoms with Crippen LogP contribution >= 0.6 is 0 Å². The molecule has 0 fully saturated rings. The van der Waals surface area contributed by atoms with Gasteiger partial charge in [0.1, 0.15) is 0 Å². The predicted octanol–water partition coefficient (Wildman–Crippen LogP) is 10.3. The lowest BCUT2D eigenvalue weighted by atomic mass is 10.0. The Morgan fingerprint density at radius 2 is 0.851 bits per heavy atom. The van der Waals surface area contributed by atoms with Crippen LogP contribution in [0.1, 0.15) is 0 Å². The van der Waals surface area contributed by atoms with Gasteiger partial charge in [-0.25, -0.2) is 9.97 Å². The minimum absolute atomic E-state index is 0.719. The molecule has 0 amide bonds. The van der Waals surface area contributed by atoms with Crippen molar-refractivity contribution in [2.75, 3.05) is 0 Å². The van der Waals surface area contributed by atoms with Crippen molar-refractivity contribution < 1.29 is 0 Å². The molecule has 5 heteroatoms. The van der Waals surface area contributed by atoms with Crippen LogP contribution in [0.5, 0.6) is 0 Å². The molecule has 5 nitrogen and oxygen atoms in total. The van der Waals surface area contributed by atoms with E-state index in [9.17, 15) is 0 Å². The van der Waals surface area contributed by atoms with Gasteiger partial charge in [-0.1, -0.05) is 91.0 Å². The van der Waals surface area contributed by atoms with E-state index in [1.807, 2.05) is 42.7 Å². The van der Waals surface area contributed by atoms with Crippen molar-refractivity contribution >= 4 is 54.4 Å². The quantitative estimate of drug-likeness (QED) is 0.201. The van der Waals surface area contributed by atoms with Crippen molar-refractivity contribution in [3.05, 3.63) is 164 Å². The lowest BCUT2D eigenvalue weighted by Gasteiger charge is -2.13. The second-order valence-electron chi connectivity index (χ2n) is 12.0. The average molecular weight is 602 g/mol. The van der Waals surface area contributed by atoms with Gasteiger partial charge in [0.2, 0.25) is 0 Å². The average Bonchev–Trinajstić information content (AvgIpc) is 3.87. The van der Waals surface area contributed by atoms with Gasteiger partial charge in [0.05, 0.1) is 40.1 Å². The molecule has 220 valence electrons. The molecule has 0 spiro atoms. The fourth-order valence-electron chi connectivity index (χ4n) is 7.32. The van der Waals surface area contributed by atoms with Gasteiger partial charge >= 0.3 is 0 Å². The summed E-state index contributed by atoms with van der Waals surface area (Å²) in [6.07, 6.45) is 8.17. The molecule has 0 aliphatic heterocycles. The molecule has 0 radical (unpaired) electrons. The summed E-state index contributed by atoms with van der Waals surface area (Å²) in [5.74, 6) is 0.719. The number of hydrogen-bond acceptors (Lipinski definition) is 2. The van der Waals surface area contributed by atoms with E-state index in [1.165, 1.54) is 48.9 Å². The molecule has 10 aromatic rings. The molecule has 0 aliphatic carbocycles. The highest BCUT2D eigenvalue weighted by Gasteiger charge is 2.18. The van der Waals surface area contributed by atoms with Crippen LogP contribution in [0, 0.1) is 0 Å². The van der Waals surface area contributed by atoms with Crippen LogP contribution in [0.2, 0.25) is 0 Å². The first-order chi connectivity index (χ1) is 23.3. The first-order valence-electron chi connectivity index (χ1n) is 15.8. The minimum atomic E-state index is 0.719. The maximum absolute atomic E-state index is 4.74. The van der Waals surface area contributed by atoms with E-state index < -0.39 is 0 Å². The minimum Gasteiger partial charge on any atom is -0.316 e. The van der Waals surface area contributed by atoms with Crippen molar-refractivity contribution in [1.29, 1.82) is 0 Å². The smallest absolute Gasteiger partial charge is 0.159 e. The number of para-hydroxylation sites is 2. The number of aromatic nitrogens is 5. The Labute approximate surface area is 270 Å². The normalized spacial score (nSPS) is 11.8. The van der Waals surface area contributed by atoms with Crippen LogP contribution in [-0.4, -0.2) is 23.7 Å². The van der Waals surface area contributed by atoms with Crippen LogP contribution in [-0.2, 0) is 0 Å². The van der Waals surface area contributed by atoms with Crippen molar-refractivity contribution in [3.8, 4) is 28.5 Å². The third-order valence-electron chi connectivity index (χ3n) is 9.41. The number of rotatable bonds is 4. The molecule has 10 rings (SSSR count). The van der Waals surface area contributed by atoms with E-state index in [4.69, 9.17) is 9.97 Å². The molecule has 4 aromatic heterocycles. The highest BCUT2D eigenvalue weighted by atomic mass is 15.0. The Morgan fingerprint density at radius 1 is 0.362 bits per heavy atom. The molecule has 0 aliphatic rings. The van der Waals surface area contributed by atoms with Crippen LogP contribution in [0.3, 0.4) is 0 Å². The van der Waals surface area contributed by atoms with Gasteiger partial charge in [-0.15, -0.1) is 0 Å². The third kappa shape index (κ3) is 3.83. The van der Waals surface area contributed by atoms with Crippen LogP contribution < -0.4 is 0 Å². The Balaban J connectivity index is 1.14. The molecule has 47 heavy (non-hydrogen) atoms. The Bertz CT molecular complexity index is 2710. The van der Waals surface area contributed by atoms with Crippen LogP contribution in [0.25, 0.3) is 82.8 Å². The second kappa shape index (κ2) is 10.0. The summed E-state index contributed by atoms with van der Waals surface area (Å²) < 4.78 is 6.90. The molecule has 0 saturated heterocycles. The van der Waals surface area contributed by atoms with Gasteiger partial charge < -0.3 is 13.7 Å². The largest absolute Gasteiger partial charge is 0.316 e. The zero-order valence-corrected chi connectivity index (χ0v) is 25.3. The van der Waals surface area contributed by atoms with Crippen molar-refractivity contribution in [3.63, 3.8) is 0 Å². The summed E-state index contributed by atoms with van der Waals surface area (Å²) in [5, 5.41) is 7.37. The lowest BCUT2D eigenvalue weighted by molar-refractivity contribution is 1.06. The molecule has 0 bridgehead atoms. The topological polar surface area (TPSA) is 40.6 Å². The zero-order valence-electron chi connectivity index (χ0n) is 25.3. The molecule has 0 atom stereocenters. The fraction of sp³-hybridized carbons (Fsp3) is 0. The van der Waals surface area contributed by atoms with E-state index in [1.54, 1.807) is 0 Å². The standard InChI is InChI=1S/C42H27N5/c1-2-10-28(11-3-1)42-43-26-31(27-44-42)46-25-23-37-40(46)35-15-5-4-12-32(35)36-22-24-45(41(36)37)29-18-20-30(21-19-29)47-38-16-8-6-13-33(38)34-14-7-9-17-39(34)47/h1-27H. The van der Waals surface area contributed by atoms with Gasteiger partial charge in [0.25, 0.3) is 0 Å². The molecule has 0 unspecified atom stereocenters. The molecule has 4 heterocycles. The Morgan fingerprint density at radius 3 is 1.51 bits per heavy atom. The van der Waals surface area contributed by atoms with Crippen LogP contribution in [0.4, 0.5) is 0 Å². The van der Waals surface area contributed by atoms with Gasteiger partial charge in [-0.2, -0.15) is 0 Å². The van der Waals surface area contributed by atoms with Crippen molar-refractivity contribution in [2.45, 2.75) is 0 Å². The zero-order chi connectivity index (χ0) is 30.9. The molecule has 6 aromatic carbocycles. The van der Waals surface area contributed by atoms with Crippen LogP contribution in [0.15, 0.2) is 164 Å². The molecular weight excluding hydrogens is 574 g/mol. The van der Waals surface area contributed by atoms with Gasteiger partial charge in [0.15, 0.2) is 5.82 Å². The first kappa shape index (κ1) is 25.8. The number of hydrogen-bond donors (Lipinski definition) is 0. The number of benzene rings is 6. The second-order valence-corrected chi connectivity index (χ2v) is 12.0. The maximum Gasteiger partial charge on any atom is 0.159 e. The van der Waals surface area contributed by atoms with E-state index in [0.29, 0.717) is 0 Å². The summed E-state index contributed by atoms with van der Waals surface area (Å²) in [6.45, 7) is 0. The summed E-state index contributed by atoms with van der Waals surface area (Å²) in [4.78, 5) is 9.47. The summed E-state index contributed by atoms with van der Waals surface area (Å²) >= 11 is 0. The summed E-state index contributed by atoms with van der Waals surface area (Å²) in [5.41, 5.74) is 8.94. The van der Waals surface area contributed by atoms with Gasteiger partial charge in [0, 0.05) is 56.3 Å². The summed E-state index contributed by atoms with van der Waals surface area (Å²) in [6, 6.07) is 49.4. The molecular formula is C42H27N5. The third-order valence-corrected chi connectivity index (χ3v) is 9.41. The summed E-state index contributed by atoms with van der Waals surface area (Å²) in [7, 11) is 0. The monoisotopic (exact) mass is 601 g/mol.